The number of thiol groups is 1. The Hall–Kier alpha value is 1.05. The van der Waals surface area contributed by atoms with Gasteiger partial charge < -0.3 is 9.79 Å². The second kappa shape index (κ2) is 7.39. The van der Waals surface area contributed by atoms with Gasteiger partial charge >= 0.3 is 0 Å². The van der Waals surface area contributed by atoms with Crippen LogP contribution in [0.3, 0.4) is 0 Å². The fourth-order valence-electron chi connectivity index (χ4n) is 1.09. The predicted octanol–water partition coefficient (Wildman–Crippen LogP) is 3.29. The van der Waals surface area contributed by atoms with Gasteiger partial charge in [0.05, 0.1) is 0 Å². The molecule has 0 aromatic heterocycles. The second-order valence-electron chi connectivity index (χ2n) is 4.75. The molecule has 0 aromatic rings. The van der Waals surface area contributed by atoms with Crippen molar-refractivity contribution in [2.24, 2.45) is 11.8 Å². The van der Waals surface area contributed by atoms with E-state index in [1.54, 1.807) is 0 Å². The molecule has 0 fully saturated rings. The van der Waals surface area contributed by atoms with Crippen LogP contribution in [0.4, 0.5) is 0 Å². The van der Waals surface area contributed by atoms with Crippen LogP contribution in [0.15, 0.2) is 0 Å². The summed E-state index contributed by atoms with van der Waals surface area (Å²) < 4.78 is 0. The molecule has 0 amide bonds. The summed E-state index contributed by atoms with van der Waals surface area (Å²) >= 11 is 3.99. The maximum Gasteiger partial charge on any atom is 0.198 e. The van der Waals surface area contributed by atoms with Crippen LogP contribution >= 0.6 is 17.9 Å². The molecular weight excluding hydrogens is 247 g/mol. The predicted molar refractivity (Wildman–Crippen MR) is 76.4 cm³/mol. The Morgan fingerprint density at radius 3 is 1.53 bits per heavy atom. The molecule has 0 spiro atoms. The maximum atomic E-state index is 9.65. The fraction of sp³-hybridized carbons (Fsp3) is 1.00. The summed E-state index contributed by atoms with van der Waals surface area (Å²) in [5, 5.41) is 0. The zero-order valence-corrected chi connectivity index (χ0v) is 12.8. The van der Waals surface area contributed by atoms with E-state index < -0.39 is 5.69 Å². The summed E-state index contributed by atoms with van der Waals surface area (Å²) in [6.45, 7) is 8.66. The van der Waals surface area contributed by atoms with Gasteiger partial charge in [-0.15, -0.1) is 10.1 Å². The highest BCUT2D eigenvalue weighted by molar-refractivity contribution is 8.65. The summed E-state index contributed by atoms with van der Waals surface area (Å²) in [6, 6.07) is 0. The van der Waals surface area contributed by atoms with Gasteiger partial charge in [0.25, 0.3) is 0 Å². The van der Waals surface area contributed by atoms with Crippen molar-refractivity contribution in [3.05, 3.63) is 0 Å². The van der Waals surface area contributed by atoms with Gasteiger partial charge in [-0.05, 0) is 36.2 Å². The minimum absolute atomic E-state index is 0.297. The Morgan fingerprint density at radius 2 is 1.33 bits per heavy atom. The molecule has 0 aliphatic carbocycles. The molecule has 0 aliphatic heterocycles. The third-order valence-electron chi connectivity index (χ3n) is 2.21. The van der Waals surface area contributed by atoms with Crippen molar-refractivity contribution in [3.63, 3.8) is 0 Å². The molecule has 0 saturated heterocycles. The van der Waals surface area contributed by atoms with Crippen LogP contribution in [0.1, 0.15) is 40.5 Å². The third kappa shape index (κ3) is 8.82. The molecule has 0 bridgehead atoms. The molecular formula is C10H25O2PS2. The van der Waals surface area contributed by atoms with E-state index in [0.29, 0.717) is 11.8 Å². The molecule has 0 heterocycles. The average molecular weight is 272 g/mol. The van der Waals surface area contributed by atoms with Crippen molar-refractivity contribution in [1.29, 1.82) is 0 Å². The van der Waals surface area contributed by atoms with Crippen LogP contribution in [-0.4, -0.2) is 21.3 Å². The van der Waals surface area contributed by atoms with Crippen molar-refractivity contribution >= 4 is 28.0 Å². The SMILES string of the molecule is CC(C)CCS(CCC(C)C)=P(O)(O)S. The molecule has 15 heavy (non-hydrogen) atoms. The Morgan fingerprint density at radius 1 is 1.00 bits per heavy atom. The van der Waals surface area contributed by atoms with Crippen LogP contribution in [0.5, 0.6) is 0 Å². The van der Waals surface area contributed by atoms with Crippen LogP contribution in [0.25, 0.3) is 0 Å². The van der Waals surface area contributed by atoms with E-state index in [1.165, 1.54) is 0 Å². The summed E-state index contributed by atoms with van der Waals surface area (Å²) in [7, 11) is -0.297. The van der Waals surface area contributed by atoms with Crippen LogP contribution in [0, 0.1) is 11.8 Å². The molecule has 0 saturated carbocycles. The minimum Gasteiger partial charge on any atom is -0.341 e. The molecule has 0 aliphatic rings. The lowest BCUT2D eigenvalue weighted by atomic mass is 10.2. The monoisotopic (exact) mass is 272 g/mol. The van der Waals surface area contributed by atoms with Crippen molar-refractivity contribution in [2.75, 3.05) is 11.5 Å². The summed E-state index contributed by atoms with van der Waals surface area (Å²) in [4.78, 5) is 19.3. The maximum absolute atomic E-state index is 9.65. The van der Waals surface area contributed by atoms with Crippen molar-refractivity contribution in [2.45, 2.75) is 40.5 Å². The fourth-order valence-corrected chi connectivity index (χ4v) is 6.84. The average Bonchev–Trinajstić information content (AvgIpc) is 2.00. The van der Waals surface area contributed by atoms with E-state index in [1.807, 2.05) is 0 Å². The highest BCUT2D eigenvalue weighted by Crippen LogP contribution is 2.47. The molecule has 0 unspecified atom stereocenters. The first-order chi connectivity index (χ1) is 6.73. The smallest absolute Gasteiger partial charge is 0.198 e. The third-order valence-corrected chi connectivity index (χ3v) is 9.57. The summed E-state index contributed by atoms with van der Waals surface area (Å²) in [5.74, 6) is 3.07. The van der Waals surface area contributed by atoms with Gasteiger partial charge in [0.15, 0.2) is 5.69 Å². The van der Waals surface area contributed by atoms with E-state index in [2.05, 4.69) is 39.9 Å². The molecule has 5 heteroatoms. The summed E-state index contributed by atoms with van der Waals surface area (Å²) in [5.41, 5.74) is -2.92. The number of rotatable bonds is 6. The molecule has 2 nitrogen and oxygen atoms in total. The minimum atomic E-state index is -2.92. The standard InChI is InChI=1S/C10H25O2PS2/c1-9(2)5-7-15(13(11,12)14)8-6-10(3)4/h9-12,14H,5-8H2,1-4H3. The van der Waals surface area contributed by atoms with Gasteiger partial charge in [0, 0.05) is 0 Å². The zero-order chi connectivity index (χ0) is 12.1. The van der Waals surface area contributed by atoms with Crippen LogP contribution in [-0.2, 0) is 10.1 Å². The number of hydrogen-bond donors (Lipinski definition) is 3. The van der Waals surface area contributed by atoms with Gasteiger partial charge in [-0.1, -0.05) is 39.9 Å². The van der Waals surface area contributed by atoms with E-state index in [0.717, 1.165) is 24.3 Å². The van der Waals surface area contributed by atoms with Gasteiger partial charge in [0.2, 0.25) is 0 Å². The van der Waals surface area contributed by atoms with Gasteiger partial charge in [-0.25, -0.2) is 0 Å². The highest BCUT2D eigenvalue weighted by Gasteiger charge is 2.12. The van der Waals surface area contributed by atoms with Crippen LogP contribution in [0.2, 0.25) is 0 Å². The highest BCUT2D eigenvalue weighted by atomic mass is 32.9. The Labute approximate surface area is 102 Å². The molecule has 94 valence electrons. The summed E-state index contributed by atoms with van der Waals surface area (Å²) in [6.07, 6.45) is 2.12. The molecule has 0 atom stereocenters. The Kier molecular flexibility index (Phi) is 7.91. The van der Waals surface area contributed by atoms with Crippen molar-refractivity contribution < 1.29 is 9.79 Å². The lowest BCUT2D eigenvalue weighted by molar-refractivity contribution is 0.501. The number of hydrogen-bond acceptors (Lipinski definition) is 0. The van der Waals surface area contributed by atoms with E-state index in [9.17, 15) is 9.79 Å². The topological polar surface area (TPSA) is 40.5 Å². The lowest BCUT2D eigenvalue weighted by Crippen LogP contribution is -2.08. The first-order valence-corrected chi connectivity index (χ1v) is 10.5. The second-order valence-corrected chi connectivity index (χ2v) is 13.1. The first kappa shape index (κ1) is 16.1. The van der Waals surface area contributed by atoms with E-state index >= 15 is 0 Å². The van der Waals surface area contributed by atoms with Gasteiger partial charge in [-0.3, -0.25) is 0 Å². The first-order valence-electron chi connectivity index (χ1n) is 5.49. The Balaban J connectivity index is 4.36. The van der Waals surface area contributed by atoms with Gasteiger partial charge in [0.1, 0.15) is 0 Å². The zero-order valence-electron chi connectivity index (χ0n) is 10.2. The van der Waals surface area contributed by atoms with Crippen LogP contribution < -0.4 is 0 Å². The lowest BCUT2D eigenvalue weighted by Gasteiger charge is -2.18. The molecule has 0 rings (SSSR count). The normalized spacial score (nSPS) is 13.2. The molecule has 0 radical (unpaired) electrons. The quantitative estimate of drug-likeness (QED) is 0.513. The van der Waals surface area contributed by atoms with Crippen molar-refractivity contribution in [3.8, 4) is 0 Å². The van der Waals surface area contributed by atoms with E-state index in [4.69, 9.17) is 0 Å². The molecule has 2 N–H and O–H groups in total. The molecule has 0 aromatic carbocycles. The van der Waals surface area contributed by atoms with Crippen molar-refractivity contribution in [1.82, 2.24) is 0 Å². The Bertz CT molecular complexity index is 211. The largest absolute Gasteiger partial charge is 0.341 e. The van der Waals surface area contributed by atoms with E-state index in [-0.39, 0.29) is 10.1 Å². The van der Waals surface area contributed by atoms with Gasteiger partial charge in [-0.2, -0.15) is 0 Å².